The summed E-state index contributed by atoms with van der Waals surface area (Å²) in [7, 11) is 0. The number of aliphatic imine (C=N–C) groups is 1. The molecule has 2 aromatic rings. The van der Waals surface area contributed by atoms with Crippen LogP contribution in [-0.2, 0) is 16.1 Å². The van der Waals surface area contributed by atoms with E-state index in [-0.39, 0.29) is 0 Å². The first kappa shape index (κ1) is 16.2. The Hall–Kier alpha value is -2.63. The molecule has 1 aliphatic rings. The minimum atomic E-state index is -0.419. The van der Waals surface area contributed by atoms with Crippen LogP contribution in [0.3, 0.4) is 0 Å². The molecule has 1 unspecified atom stereocenters. The maximum atomic E-state index is 5.99. The van der Waals surface area contributed by atoms with Crippen LogP contribution < -0.4 is 11.1 Å². The van der Waals surface area contributed by atoms with Gasteiger partial charge in [0.2, 0.25) is 0 Å². The third-order valence-electron chi connectivity index (χ3n) is 3.58. The van der Waals surface area contributed by atoms with E-state index in [1.165, 1.54) is 0 Å². The number of amidine groups is 1. The van der Waals surface area contributed by atoms with Crippen LogP contribution in [0.15, 0.2) is 71.9 Å². The first-order valence-corrected chi connectivity index (χ1v) is 7.92. The van der Waals surface area contributed by atoms with E-state index in [0.29, 0.717) is 25.7 Å². The lowest BCUT2D eigenvalue weighted by atomic mass is 10.1. The van der Waals surface area contributed by atoms with Gasteiger partial charge in [-0.25, -0.2) is 4.99 Å². The van der Waals surface area contributed by atoms with Crippen LogP contribution in [0.5, 0.6) is 0 Å². The maximum Gasteiger partial charge on any atom is 0.185 e. The molecule has 2 aromatic carbocycles. The molecule has 0 amide bonds. The van der Waals surface area contributed by atoms with E-state index in [1.54, 1.807) is 0 Å². The predicted octanol–water partition coefficient (Wildman–Crippen LogP) is 2.50. The molecular formula is C19H21N3O2. The van der Waals surface area contributed by atoms with Crippen molar-refractivity contribution in [1.29, 1.82) is 0 Å². The molecule has 1 heterocycles. The molecule has 0 radical (unpaired) electrons. The average molecular weight is 323 g/mol. The standard InChI is InChI=1S/C19H21N3O2/c20-18-19(21-13-17(22-18)16-9-5-2-6-10-16)24-12-11-23-14-15-7-3-1-4-8-15/h1-10,13,19,21H,11-12,14H2,(H2,20,22). The molecule has 24 heavy (non-hydrogen) atoms. The van der Waals surface area contributed by atoms with Gasteiger partial charge in [0.25, 0.3) is 0 Å². The molecule has 0 fully saturated rings. The number of ether oxygens (including phenoxy) is 2. The second-order valence-corrected chi connectivity index (χ2v) is 5.39. The van der Waals surface area contributed by atoms with Crippen LogP contribution >= 0.6 is 0 Å². The number of benzene rings is 2. The molecule has 5 nitrogen and oxygen atoms in total. The van der Waals surface area contributed by atoms with Gasteiger partial charge < -0.3 is 20.5 Å². The van der Waals surface area contributed by atoms with Gasteiger partial charge in [-0.1, -0.05) is 60.7 Å². The van der Waals surface area contributed by atoms with Crippen LogP contribution in [0.25, 0.3) is 5.70 Å². The van der Waals surface area contributed by atoms with Crippen LogP contribution in [0.2, 0.25) is 0 Å². The van der Waals surface area contributed by atoms with Crippen LogP contribution in [0, 0.1) is 0 Å². The van der Waals surface area contributed by atoms with E-state index >= 15 is 0 Å². The van der Waals surface area contributed by atoms with Crippen LogP contribution in [-0.4, -0.2) is 25.3 Å². The number of hydrogen-bond acceptors (Lipinski definition) is 5. The van der Waals surface area contributed by atoms with Gasteiger partial charge in [-0.2, -0.15) is 0 Å². The zero-order valence-corrected chi connectivity index (χ0v) is 13.4. The second kappa shape index (κ2) is 8.29. The first-order chi connectivity index (χ1) is 11.8. The smallest absolute Gasteiger partial charge is 0.185 e. The SMILES string of the molecule is NC1=NC(c2ccccc2)=CNC1OCCOCc1ccccc1. The molecule has 0 aliphatic carbocycles. The van der Waals surface area contributed by atoms with Crippen molar-refractivity contribution in [1.82, 2.24) is 5.32 Å². The summed E-state index contributed by atoms with van der Waals surface area (Å²) in [5.41, 5.74) is 8.95. The van der Waals surface area contributed by atoms with Gasteiger partial charge in [0, 0.05) is 11.8 Å². The highest BCUT2D eigenvalue weighted by Crippen LogP contribution is 2.17. The lowest BCUT2D eigenvalue weighted by Gasteiger charge is -2.22. The zero-order valence-electron chi connectivity index (χ0n) is 13.4. The lowest BCUT2D eigenvalue weighted by Crippen LogP contribution is -2.43. The van der Waals surface area contributed by atoms with Gasteiger partial charge in [-0.3, -0.25) is 0 Å². The van der Waals surface area contributed by atoms with Gasteiger partial charge in [0.15, 0.2) is 6.23 Å². The van der Waals surface area contributed by atoms with Gasteiger partial charge >= 0.3 is 0 Å². The highest BCUT2D eigenvalue weighted by atomic mass is 16.5. The number of nitrogens with one attached hydrogen (secondary N) is 1. The summed E-state index contributed by atoms with van der Waals surface area (Å²) in [5.74, 6) is 0.416. The van der Waals surface area contributed by atoms with E-state index in [2.05, 4.69) is 10.3 Å². The summed E-state index contributed by atoms with van der Waals surface area (Å²) in [6.45, 7) is 1.51. The van der Waals surface area contributed by atoms with Gasteiger partial charge in [0.1, 0.15) is 5.84 Å². The molecule has 3 rings (SSSR count). The molecule has 0 bridgehead atoms. The van der Waals surface area contributed by atoms with Gasteiger partial charge in [-0.05, 0) is 5.56 Å². The Morgan fingerprint density at radius 3 is 2.38 bits per heavy atom. The Bertz CT molecular complexity index is 699. The number of nitrogens with two attached hydrogens (primary N) is 1. The summed E-state index contributed by atoms with van der Waals surface area (Å²) in [6, 6.07) is 19.9. The number of nitrogens with zero attached hydrogens (tertiary/aromatic N) is 1. The van der Waals surface area contributed by atoms with Crippen molar-refractivity contribution < 1.29 is 9.47 Å². The molecular weight excluding hydrogens is 302 g/mol. The summed E-state index contributed by atoms with van der Waals surface area (Å²) in [6.07, 6.45) is 1.40. The minimum Gasteiger partial charge on any atom is -0.383 e. The largest absolute Gasteiger partial charge is 0.383 e. The Morgan fingerprint density at radius 1 is 0.958 bits per heavy atom. The average Bonchev–Trinajstić information content (AvgIpc) is 2.64. The summed E-state index contributed by atoms with van der Waals surface area (Å²) in [4.78, 5) is 4.41. The van der Waals surface area contributed by atoms with Crippen LogP contribution in [0.1, 0.15) is 11.1 Å². The van der Waals surface area contributed by atoms with E-state index < -0.39 is 6.23 Å². The Labute approximate surface area is 141 Å². The summed E-state index contributed by atoms with van der Waals surface area (Å²) >= 11 is 0. The summed E-state index contributed by atoms with van der Waals surface area (Å²) < 4.78 is 11.3. The fourth-order valence-electron chi connectivity index (χ4n) is 2.35. The lowest BCUT2D eigenvalue weighted by molar-refractivity contribution is 0.0171. The van der Waals surface area contributed by atoms with Crippen molar-refractivity contribution in [2.75, 3.05) is 13.2 Å². The topological polar surface area (TPSA) is 68.9 Å². The molecule has 124 valence electrons. The normalized spacial score (nSPS) is 16.9. The Morgan fingerprint density at radius 2 is 1.67 bits per heavy atom. The molecule has 0 saturated carbocycles. The minimum absolute atomic E-state index is 0.416. The molecule has 5 heteroatoms. The molecule has 1 aliphatic heterocycles. The maximum absolute atomic E-state index is 5.99. The van der Waals surface area contributed by atoms with Gasteiger partial charge in [0.05, 0.1) is 25.5 Å². The first-order valence-electron chi connectivity index (χ1n) is 7.92. The zero-order chi connectivity index (χ0) is 16.6. The van der Waals surface area contributed by atoms with Crippen LogP contribution in [0.4, 0.5) is 0 Å². The molecule has 0 aromatic heterocycles. The quantitative estimate of drug-likeness (QED) is 0.768. The highest BCUT2D eigenvalue weighted by molar-refractivity contribution is 5.91. The fourth-order valence-corrected chi connectivity index (χ4v) is 2.35. The van der Waals surface area contributed by atoms with E-state index in [9.17, 15) is 0 Å². The molecule has 3 N–H and O–H groups in total. The highest BCUT2D eigenvalue weighted by Gasteiger charge is 2.17. The van der Waals surface area contributed by atoms with E-state index in [4.69, 9.17) is 15.2 Å². The van der Waals surface area contributed by atoms with E-state index in [0.717, 1.165) is 16.8 Å². The van der Waals surface area contributed by atoms with Crippen molar-refractivity contribution >= 4 is 11.5 Å². The fraction of sp³-hybridized carbons (Fsp3) is 0.211. The third-order valence-corrected chi connectivity index (χ3v) is 3.58. The van der Waals surface area contributed by atoms with Gasteiger partial charge in [-0.15, -0.1) is 0 Å². The summed E-state index contributed by atoms with van der Waals surface area (Å²) in [5, 5.41) is 3.13. The molecule has 1 atom stereocenters. The number of hydrogen-bond donors (Lipinski definition) is 2. The van der Waals surface area contributed by atoms with Crippen molar-refractivity contribution in [3.63, 3.8) is 0 Å². The predicted molar refractivity (Wildman–Crippen MR) is 95.0 cm³/mol. The van der Waals surface area contributed by atoms with Crippen molar-refractivity contribution in [2.45, 2.75) is 12.8 Å². The monoisotopic (exact) mass is 323 g/mol. The van der Waals surface area contributed by atoms with Crippen molar-refractivity contribution in [3.05, 3.63) is 78.0 Å². The Balaban J connectivity index is 1.41. The van der Waals surface area contributed by atoms with E-state index in [1.807, 2.05) is 66.9 Å². The molecule has 0 spiro atoms. The Kier molecular flexibility index (Phi) is 5.61. The number of rotatable bonds is 7. The third kappa shape index (κ3) is 4.44. The molecule has 0 saturated heterocycles. The van der Waals surface area contributed by atoms with Crippen molar-refractivity contribution in [3.8, 4) is 0 Å². The second-order valence-electron chi connectivity index (χ2n) is 5.39. The van der Waals surface area contributed by atoms with Crippen molar-refractivity contribution in [2.24, 2.45) is 10.7 Å².